The molecule has 4 heteroatoms. The number of fused-ring (bicyclic) bond motifs is 1. The molecule has 96 valence electrons. The van der Waals surface area contributed by atoms with E-state index in [0.717, 1.165) is 26.9 Å². The summed E-state index contributed by atoms with van der Waals surface area (Å²) in [6.07, 6.45) is 0. The van der Waals surface area contributed by atoms with E-state index in [1.807, 2.05) is 49.4 Å². The smallest absolute Gasteiger partial charge is 0.231 e. The summed E-state index contributed by atoms with van der Waals surface area (Å²) in [6, 6.07) is 13.5. The summed E-state index contributed by atoms with van der Waals surface area (Å²) in [5.41, 5.74) is 2.49. The minimum Gasteiger partial charge on any atom is -0.493 e. The van der Waals surface area contributed by atoms with Gasteiger partial charge in [-0.15, -0.1) is 0 Å². The van der Waals surface area contributed by atoms with Crippen molar-refractivity contribution in [1.82, 2.24) is 4.98 Å². The number of oxazole rings is 1. The maximum atomic E-state index is 5.77. The highest BCUT2D eigenvalue weighted by molar-refractivity contribution is 9.10. The lowest BCUT2D eigenvalue weighted by Crippen LogP contribution is -1.94. The van der Waals surface area contributed by atoms with E-state index in [-0.39, 0.29) is 0 Å². The van der Waals surface area contributed by atoms with Gasteiger partial charge < -0.3 is 9.15 Å². The summed E-state index contributed by atoms with van der Waals surface area (Å²) >= 11 is 3.44. The van der Waals surface area contributed by atoms with Crippen molar-refractivity contribution in [1.29, 1.82) is 0 Å². The minimum atomic E-state index is 0.581. The Labute approximate surface area is 119 Å². The Balaban J connectivity index is 2.14. The molecule has 0 aliphatic heterocycles. The first-order valence-electron chi connectivity index (χ1n) is 6.06. The lowest BCUT2D eigenvalue weighted by atomic mass is 10.2. The summed E-state index contributed by atoms with van der Waals surface area (Å²) in [6.45, 7) is 2.56. The van der Waals surface area contributed by atoms with Crippen LogP contribution in [0.15, 0.2) is 51.4 Å². The fourth-order valence-corrected chi connectivity index (χ4v) is 2.28. The van der Waals surface area contributed by atoms with Gasteiger partial charge in [0.1, 0.15) is 11.3 Å². The molecule has 0 fully saturated rings. The number of hydrogen-bond acceptors (Lipinski definition) is 3. The van der Waals surface area contributed by atoms with Gasteiger partial charge in [-0.25, -0.2) is 4.98 Å². The first-order chi connectivity index (χ1) is 9.28. The third kappa shape index (κ3) is 2.36. The largest absolute Gasteiger partial charge is 0.493 e. The SMILES string of the molecule is CCOc1cc(Br)ccc1-c1nc2ccccc2o1. The topological polar surface area (TPSA) is 35.3 Å². The second-order valence-corrected chi connectivity index (χ2v) is 4.98. The van der Waals surface area contributed by atoms with Crippen molar-refractivity contribution in [3.8, 4) is 17.2 Å². The van der Waals surface area contributed by atoms with Crippen LogP contribution in [0, 0.1) is 0 Å². The normalized spacial score (nSPS) is 10.8. The van der Waals surface area contributed by atoms with Gasteiger partial charge in [0, 0.05) is 4.47 Å². The lowest BCUT2D eigenvalue weighted by Gasteiger charge is -2.07. The van der Waals surface area contributed by atoms with Crippen LogP contribution in [-0.2, 0) is 0 Å². The van der Waals surface area contributed by atoms with Gasteiger partial charge >= 0.3 is 0 Å². The van der Waals surface area contributed by atoms with E-state index in [9.17, 15) is 0 Å². The predicted molar refractivity (Wildman–Crippen MR) is 78.3 cm³/mol. The number of aromatic nitrogens is 1. The quantitative estimate of drug-likeness (QED) is 0.705. The van der Waals surface area contributed by atoms with Gasteiger partial charge in [-0.2, -0.15) is 0 Å². The van der Waals surface area contributed by atoms with Crippen LogP contribution in [0.5, 0.6) is 5.75 Å². The average molecular weight is 318 g/mol. The summed E-state index contributed by atoms with van der Waals surface area (Å²) in [4.78, 5) is 4.49. The Morgan fingerprint density at radius 1 is 1.21 bits per heavy atom. The molecular weight excluding hydrogens is 306 g/mol. The molecule has 0 amide bonds. The zero-order chi connectivity index (χ0) is 13.2. The molecule has 0 saturated carbocycles. The highest BCUT2D eigenvalue weighted by Gasteiger charge is 2.13. The maximum absolute atomic E-state index is 5.77. The van der Waals surface area contributed by atoms with E-state index in [1.54, 1.807) is 0 Å². The highest BCUT2D eigenvalue weighted by Crippen LogP contribution is 2.33. The van der Waals surface area contributed by atoms with Crippen LogP contribution in [-0.4, -0.2) is 11.6 Å². The van der Waals surface area contributed by atoms with E-state index >= 15 is 0 Å². The molecule has 3 aromatic rings. The van der Waals surface area contributed by atoms with Crippen LogP contribution < -0.4 is 4.74 Å². The first-order valence-corrected chi connectivity index (χ1v) is 6.85. The summed E-state index contributed by atoms with van der Waals surface area (Å²) in [5.74, 6) is 1.35. The van der Waals surface area contributed by atoms with E-state index in [1.165, 1.54) is 0 Å². The fraction of sp³-hybridized carbons (Fsp3) is 0.133. The molecule has 0 aliphatic carbocycles. The van der Waals surface area contributed by atoms with Crippen LogP contribution in [0.4, 0.5) is 0 Å². The van der Waals surface area contributed by atoms with E-state index < -0.39 is 0 Å². The molecule has 0 saturated heterocycles. The van der Waals surface area contributed by atoms with Gasteiger partial charge in [-0.1, -0.05) is 28.1 Å². The first kappa shape index (κ1) is 12.2. The average Bonchev–Trinajstić information content (AvgIpc) is 2.82. The van der Waals surface area contributed by atoms with Gasteiger partial charge in [-0.3, -0.25) is 0 Å². The van der Waals surface area contributed by atoms with Gasteiger partial charge in [0.25, 0.3) is 0 Å². The van der Waals surface area contributed by atoms with E-state index in [2.05, 4.69) is 20.9 Å². The number of halogens is 1. The van der Waals surface area contributed by atoms with Gasteiger partial charge in [-0.05, 0) is 37.3 Å². The third-order valence-corrected chi connectivity index (χ3v) is 3.26. The van der Waals surface area contributed by atoms with Crippen molar-refractivity contribution < 1.29 is 9.15 Å². The van der Waals surface area contributed by atoms with Crippen molar-refractivity contribution >= 4 is 27.0 Å². The number of para-hydroxylation sites is 2. The highest BCUT2D eigenvalue weighted by atomic mass is 79.9. The lowest BCUT2D eigenvalue weighted by molar-refractivity contribution is 0.340. The Morgan fingerprint density at radius 3 is 2.84 bits per heavy atom. The Morgan fingerprint density at radius 2 is 2.05 bits per heavy atom. The molecule has 3 rings (SSSR count). The zero-order valence-corrected chi connectivity index (χ0v) is 12.0. The standard InChI is InChI=1S/C15H12BrNO2/c1-2-18-14-9-10(16)7-8-11(14)15-17-12-5-3-4-6-13(12)19-15/h3-9H,2H2,1H3. The number of rotatable bonds is 3. The molecule has 0 spiro atoms. The third-order valence-electron chi connectivity index (χ3n) is 2.77. The zero-order valence-electron chi connectivity index (χ0n) is 10.4. The van der Waals surface area contributed by atoms with Crippen molar-refractivity contribution in [3.63, 3.8) is 0 Å². The summed E-state index contributed by atoms with van der Waals surface area (Å²) in [7, 11) is 0. The molecule has 2 aromatic carbocycles. The monoisotopic (exact) mass is 317 g/mol. The van der Waals surface area contributed by atoms with Crippen LogP contribution in [0.3, 0.4) is 0 Å². The van der Waals surface area contributed by atoms with Crippen LogP contribution in [0.25, 0.3) is 22.6 Å². The van der Waals surface area contributed by atoms with Crippen LogP contribution in [0.2, 0.25) is 0 Å². The fourth-order valence-electron chi connectivity index (χ4n) is 1.94. The van der Waals surface area contributed by atoms with Gasteiger partial charge in [0.15, 0.2) is 5.58 Å². The molecule has 0 bridgehead atoms. The van der Waals surface area contributed by atoms with E-state index in [0.29, 0.717) is 12.5 Å². The molecule has 0 N–H and O–H groups in total. The van der Waals surface area contributed by atoms with Crippen molar-refractivity contribution in [2.75, 3.05) is 6.61 Å². The number of ether oxygens (including phenoxy) is 1. The summed E-state index contributed by atoms with van der Waals surface area (Å²) in [5, 5.41) is 0. The molecule has 0 radical (unpaired) electrons. The molecule has 3 nitrogen and oxygen atoms in total. The molecule has 1 heterocycles. The number of benzene rings is 2. The van der Waals surface area contributed by atoms with Crippen molar-refractivity contribution in [3.05, 3.63) is 46.9 Å². The van der Waals surface area contributed by atoms with Crippen LogP contribution in [0.1, 0.15) is 6.92 Å². The second-order valence-electron chi connectivity index (χ2n) is 4.06. The van der Waals surface area contributed by atoms with Crippen molar-refractivity contribution in [2.24, 2.45) is 0 Å². The second kappa shape index (κ2) is 5.05. The molecule has 19 heavy (non-hydrogen) atoms. The van der Waals surface area contributed by atoms with Crippen molar-refractivity contribution in [2.45, 2.75) is 6.92 Å². The van der Waals surface area contributed by atoms with Gasteiger partial charge in [0.05, 0.1) is 12.2 Å². The molecule has 1 aromatic heterocycles. The number of nitrogens with zero attached hydrogens (tertiary/aromatic N) is 1. The molecule has 0 unspecified atom stereocenters. The summed E-state index contributed by atoms with van der Waals surface area (Å²) < 4.78 is 12.4. The van der Waals surface area contributed by atoms with Gasteiger partial charge in [0.2, 0.25) is 5.89 Å². The van der Waals surface area contributed by atoms with E-state index in [4.69, 9.17) is 9.15 Å². The predicted octanol–water partition coefficient (Wildman–Crippen LogP) is 4.66. The maximum Gasteiger partial charge on any atom is 0.231 e. The Bertz CT molecular complexity index is 688. The minimum absolute atomic E-state index is 0.581. The molecule has 0 aliphatic rings. The number of hydrogen-bond donors (Lipinski definition) is 0. The Kier molecular flexibility index (Phi) is 3.25. The molecular formula is C15H12BrNO2. The van der Waals surface area contributed by atoms with Crippen LogP contribution >= 0.6 is 15.9 Å². The Hall–Kier alpha value is -1.81. The molecule has 0 atom stereocenters.